The lowest BCUT2D eigenvalue weighted by atomic mass is 9.66. The Kier molecular flexibility index (Phi) is 10.8. The number of carbonyl (C=O) groups excluding carboxylic acids is 2. The van der Waals surface area contributed by atoms with E-state index in [1.165, 1.54) is 0 Å². The Labute approximate surface area is 232 Å². The molecule has 1 aromatic rings. The van der Waals surface area contributed by atoms with Crippen LogP contribution in [0.1, 0.15) is 78.7 Å². The molecule has 0 spiro atoms. The summed E-state index contributed by atoms with van der Waals surface area (Å²) < 4.78 is 11.1. The molecule has 214 valence electrons. The number of rotatable bonds is 11. The second-order valence-electron chi connectivity index (χ2n) is 11.4. The number of aromatic nitrogens is 1. The highest BCUT2D eigenvalue weighted by Gasteiger charge is 2.43. The number of nitrogens with one attached hydrogen (secondary N) is 3. The van der Waals surface area contributed by atoms with E-state index in [0.717, 1.165) is 31.2 Å². The normalized spacial score (nSPS) is 23.3. The number of amides is 2. The molecule has 9 nitrogen and oxygen atoms in total. The van der Waals surface area contributed by atoms with Gasteiger partial charge in [-0.25, -0.2) is 4.98 Å². The van der Waals surface area contributed by atoms with Crippen LogP contribution in [0.4, 0.5) is 5.82 Å². The first kappa shape index (κ1) is 30.6. The van der Waals surface area contributed by atoms with Gasteiger partial charge in [0.05, 0.1) is 18.7 Å². The molecule has 1 saturated heterocycles. The molecule has 1 aromatic heterocycles. The van der Waals surface area contributed by atoms with Crippen molar-refractivity contribution >= 4 is 29.2 Å². The van der Waals surface area contributed by atoms with E-state index in [1.54, 1.807) is 18.1 Å². The minimum atomic E-state index is -0.447. The standard InChI is InChI=1S/C28H46ClN5O4/c1-7-34(8-2)26(36)22-11-9-20(17-38-22)31-25(35)19(3)33-28(15-13-27(4,5)14-16-28)21-10-12-23(29)32-24(21)30-18-37-6/h10,12,19-20,22,33H,7-9,11,13-18H2,1-6H3,(H,30,32)(H,31,35)/t19-,20-,22+/m1/s1. The first-order chi connectivity index (χ1) is 18.0. The van der Waals surface area contributed by atoms with E-state index in [-0.39, 0.29) is 23.3 Å². The first-order valence-electron chi connectivity index (χ1n) is 13.9. The number of pyridine rings is 1. The van der Waals surface area contributed by atoms with Crippen LogP contribution in [-0.4, -0.2) is 73.4 Å². The Morgan fingerprint density at radius 2 is 1.87 bits per heavy atom. The molecule has 0 aromatic carbocycles. The van der Waals surface area contributed by atoms with Crippen LogP contribution in [0.15, 0.2) is 12.1 Å². The molecular weight excluding hydrogens is 506 g/mol. The molecule has 10 heteroatoms. The lowest BCUT2D eigenvalue weighted by Gasteiger charge is -2.46. The number of halogens is 1. The van der Waals surface area contributed by atoms with Crippen LogP contribution in [0.5, 0.6) is 0 Å². The zero-order valence-corrected chi connectivity index (χ0v) is 24.6. The molecule has 3 rings (SSSR count). The Morgan fingerprint density at radius 3 is 2.45 bits per heavy atom. The van der Waals surface area contributed by atoms with Gasteiger partial charge < -0.3 is 25.0 Å². The van der Waals surface area contributed by atoms with Gasteiger partial charge in [-0.15, -0.1) is 0 Å². The van der Waals surface area contributed by atoms with Crippen LogP contribution < -0.4 is 16.0 Å². The van der Waals surface area contributed by atoms with Crippen molar-refractivity contribution in [2.45, 2.75) is 96.9 Å². The predicted molar refractivity (Wildman–Crippen MR) is 150 cm³/mol. The van der Waals surface area contributed by atoms with Crippen molar-refractivity contribution < 1.29 is 19.1 Å². The molecule has 2 fully saturated rings. The molecule has 3 atom stereocenters. The topological polar surface area (TPSA) is 105 Å². The summed E-state index contributed by atoms with van der Waals surface area (Å²) in [5.74, 6) is 0.625. The van der Waals surface area contributed by atoms with Gasteiger partial charge in [-0.2, -0.15) is 0 Å². The summed E-state index contributed by atoms with van der Waals surface area (Å²) in [7, 11) is 1.62. The smallest absolute Gasteiger partial charge is 0.251 e. The molecule has 3 N–H and O–H groups in total. The van der Waals surface area contributed by atoms with Crippen LogP contribution in [-0.2, 0) is 24.6 Å². The van der Waals surface area contributed by atoms with Gasteiger partial charge in [0.2, 0.25) is 5.91 Å². The highest BCUT2D eigenvalue weighted by Crippen LogP contribution is 2.47. The maximum absolute atomic E-state index is 13.3. The van der Waals surface area contributed by atoms with Gasteiger partial charge in [0.1, 0.15) is 23.8 Å². The van der Waals surface area contributed by atoms with Crippen LogP contribution in [0.3, 0.4) is 0 Å². The fourth-order valence-electron chi connectivity index (χ4n) is 5.55. The number of carbonyl (C=O) groups is 2. The number of hydrogen-bond acceptors (Lipinski definition) is 7. The molecule has 38 heavy (non-hydrogen) atoms. The van der Waals surface area contributed by atoms with Crippen molar-refractivity contribution in [3.05, 3.63) is 22.8 Å². The van der Waals surface area contributed by atoms with E-state index < -0.39 is 17.7 Å². The Balaban J connectivity index is 1.70. The highest BCUT2D eigenvalue weighted by atomic mass is 35.5. The third-order valence-electron chi connectivity index (χ3n) is 8.08. The number of anilines is 1. The molecule has 1 aliphatic carbocycles. The summed E-state index contributed by atoms with van der Waals surface area (Å²) in [6.07, 6.45) is 4.64. The number of methoxy groups -OCH3 is 1. The quantitative estimate of drug-likeness (QED) is 0.281. The molecule has 2 heterocycles. The largest absolute Gasteiger partial charge is 0.366 e. The van der Waals surface area contributed by atoms with Crippen LogP contribution in [0.25, 0.3) is 0 Å². The maximum Gasteiger partial charge on any atom is 0.251 e. The van der Waals surface area contributed by atoms with Crippen LogP contribution in [0, 0.1) is 5.41 Å². The SMILES string of the molecule is CCN(CC)C(=O)[C@@H]1CC[C@@H](NC(=O)[C@@H](C)NC2(c3ccc(Cl)nc3NCOC)CCC(C)(C)CC2)CO1. The first-order valence-corrected chi connectivity index (χ1v) is 14.3. The molecule has 1 aliphatic heterocycles. The molecule has 0 unspecified atom stereocenters. The van der Waals surface area contributed by atoms with Gasteiger partial charge in [-0.3, -0.25) is 14.9 Å². The average Bonchev–Trinajstić information content (AvgIpc) is 2.90. The Bertz CT molecular complexity index is 937. The fraction of sp³-hybridized carbons (Fsp3) is 0.750. The number of hydrogen-bond donors (Lipinski definition) is 3. The van der Waals surface area contributed by atoms with Gasteiger partial charge in [-0.1, -0.05) is 31.5 Å². The predicted octanol–water partition coefficient (Wildman–Crippen LogP) is 4.06. The molecule has 0 bridgehead atoms. The van der Waals surface area contributed by atoms with Crippen molar-refractivity contribution in [3.63, 3.8) is 0 Å². The van der Waals surface area contributed by atoms with Crippen molar-refractivity contribution in [3.8, 4) is 0 Å². The summed E-state index contributed by atoms with van der Waals surface area (Å²) in [5, 5.41) is 10.5. The summed E-state index contributed by atoms with van der Waals surface area (Å²) in [6.45, 7) is 12.4. The van der Waals surface area contributed by atoms with E-state index in [2.05, 4.69) is 34.8 Å². The molecule has 2 aliphatic rings. The Hall–Kier alpha value is -1.94. The lowest BCUT2D eigenvalue weighted by molar-refractivity contribution is -0.147. The van der Waals surface area contributed by atoms with E-state index in [9.17, 15) is 9.59 Å². The summed E-state index contributed by atoms with van der Waals surface area (Å²) in [4.78, 5) is 32.3. The monoisotopic (exact) mass is 551 g/mol. The Morgan fingerprint density at radius 1 is 1.18 bits per heavy atom. The van der Waals surface area contributed by atoms with Crippen LogP contribution in [0.2, 0.25) is 5.15 Å². The number of nitrogens with zero attached hydrogens (tertiary/aromatic N) is 2. The lowest BCUT2D eigenvalue weighted by Crippen LogP contribution is -2.57. The minimum Gasteiger partial charge on any atom is -0.366 e. The highest BCUT2D eigenvalue weighted by molar-refractivity contribution is 6.29. The molecule has 2 amide bonds. The van der Waals surface area contributed by atoms with Crippen molar-refractivity contribution in [2.24, 2.45) is 5.41 Å². The van der Waals surface area contributed by atoms with E-state index in [1.807, 2.05) is 26.8 Å². The fourth-order valence-corrected chi connectivity index (χ4v) is 5.69. The number of likely N-dealkylation sites (N-methyl/N-ethyl adjacent to an activating group) is 1. The van der Waals surface area contributed by atoms with Gasteiger partial charge in [-0.05, 0) is 70.8 Å². The maximum atomic E-state index is 13.3. The van der Waals surface area contributed by atoms with Crippen molar-refractivity contribution in [1.29, 1.82) is 0 Å². The third-order valence-corrected chi connectivity index (χ3v) is 8.29. The minimum absolute atomic E-state index is 0.0337. The summed E-state index contributed by atoms with van der Waals surface area (Å²) in [5.41, 5.74) is 0.785. The van der Waals surface area contributed by atoms with Crippen molar-refractivity contribution in [1.82, 2.24) is 20.5 Å². The van der Waals surface area contributed by atoms with E-state index in [4.69, 9.17) is 21.1 Å². The number of ether oxygens (including phenoxy) is 2. The second kappa shape index (κ2) is 13.4. The molecule has 0 radical (unpaired) electrons. The van der Waals surface area contributed by atoms with Crippen molar-refractivity contribution in [2.75, 3.05) is 38.9 Å². The summed E-state index contributed by atoms with van der Waals surface area (Å²) >= 11 is 6.24. The zero-order chi connectivity index (χ0) is 27.9. The molecular formula is C28H46ClN5O4. The van der Waals surface area contributed by atoms with Crippen LogP contribution >= 0.6 is 11.6 Å². The third kappa shape index (κ3) is 7.58. The molecule has 1 saturated carbocycles. The van der Waals surface area contributed by atoms with Gasteiger partial charge in [0.15, 0.2) is 0 Å². The van der Waals surface area contributed by atoms with Gasteiger partial charge >= 0.3 is 0 Å². The van der Waals surface area contributed by atoms with E-state index in [0.29, 0.717) is 50.2 Å². The zero-order valence-electron chi connectivity index (χ0n) is 23.9. The second-order valence-corrected chi connectivity index (χ2v) is 11.8. The average molecular weight is 552 g/mol. The van der Waals surface area contributed by atoms with E-state index >= 15 is 0 Å². The van der Waals surface area contributed by atoms with Gasteiger partial charge in [0.25, 0.3) is 5.91 Å². The van der Waals surface area contributed by atoms with Gasteiger partial charge in [0, 0.05) is 31.3 Å². The summed E-state index contributed by atoms with van der Waals surface area (Å²) in [6, 6.07) is 3.24.